The van der Waals surface area contributed by atoms with Gasteiger partial charge in [0.15, 0.2) is 0 Å². The van der Waals surface area contributed by atoms with Crippen molar-refractivity contribution in [2.75, 3.05) is 13.1 Å². The fourth-order valence-corrected chi connectivity index (χ4v) is 5.14. The summed E-state index contributed by atoms with van der Waals surface area (Å²) < 4.78 is 0.913. The van der Waals surface area contributed by atoms with E-state index >= 15 is 0 Å². The molecule has 2 fully saturated rings. The third kappa shape index (κ3) is 3.82. The highest BCUT2D eigenvalue weighted by Crippen LogP contribution is 2.35. The second-order valence-electron chi connectivity index (χ2n) is 7.26. The zero-order valence-electron chi connectivity index (χ0n) is 13.2. The molecule has 1 aliphatic heterocycles. The lowest BCUT2D eigenvalue weighted by Crippen LogP contribution is -2.62. The summed E-state index contributed by atoms with van der Waals surface area (Å²) in [4.78, 5) is 4.13. The molecule has 0 aromatic carbocycles. The predicted octanol–water partition coefficient (Wildman–Crippen LogP) is 4.53. The predicted molar refractivity (Wildman–Crippen MR) is 92.2 cm³/mol. The number of nitrogens with one attached hydrogen (secondary N) is 1. The minimum Gasteiger partial charge on any atom is -0.308 e. The van der Waals surface area contributed by atoms with E-state index in [2.05, 4.69) is 30.1 Å². The maximum Gasteiger partial charge on any atom is 0.0931 e. The van der Waals surface area contributed by atoms with Crippen LogP contribution in [0.15, 0.2) is 12.1 Å². The van der Waals surface area contributed by atoms with Crippen LogP contribution in [0.1, 0.15) is 50.8 Å². The molecule has 2 heterocycles. The van der Waals surface area contributed by atoms with Gasteiger partial charge < -0.3 is 5.32 Å². The molecule has 0 bridgehead atoms. The topological polar surface area (TPSA) is 15.3 Å². The number of hydrogen-bond donors (Lipinski definition) is 1. The van der Waals surface area contributed by atoms with Gasteiger partial charge >= 0.3 is 0 Å². The normalized spacial score (nSPS) is 26.0. The van der Waals surface area contributed by atoms with Gasteiger partial charge in [-0.15, -0.1) is 11.3 Å². The van der Waals surface area contributed by atoms with Gasteiger partial charge in [-0.1, -0.05) is 38.3 Å². The highest BCUT2D eigenvalue weighted by molar-refractivity contribution is 7.16. The Balaban J connectivity index is 1.72. The average Bonchev–Trinajstić information content (AvgIpc) is 3.03. The van der Waals surface area contributed by atoms with E-state index in [4.69, 9.17) is 11.6 Å². The molecule has 1 unspecified atom stereocenters. The van der Waals surface area contributed by atoms with E-state index in [-0.39, 0.29) is 0 Å². The van der Waals surface area contributed by atoms with E-state index in [0.717, 1.165) is 23.3 Å². The van der Waals surface area contributed by atoms with E-state index in [1.165, 1.54) is 43.5 Å². The summed E-state index contributed by atoms with van der Waals surface area (Å²) in [6.45, 7) is 8.09. The fourth-order valence-electron chi connectivity index (χ4n) is 4.02. The number of nitrogens with zero attached hydrogens (tertiary/aromatic N) is 1. The Kier molecular flexibility index (Phi) is 4.94. The molecule has 0 radical (unpaired) electrons. The van der Waals surface area contributed by atoms with Crippen molar-refractivity contribution in [1.29, 1.82) is 0 Å². The first-order valence-corrected chi connectivity index (χ1v) is 9.49. The zero-order valence-corrected chi connectivity index (χ0v) is 14.8. The van der Waals surface area contributed by atoms with Gasteiger partial charge in [-0.2, -0.15) is 0 Å². The van der Waals surface area contributed by atoms with Gasteiger partial charge in [0.2, 0.25) is 0 Å². The van der Waals surface area contributed by atoms with Crippen LogP contribution in [0.4, 0.5) is 0 Å². The summed E-state index contributed by atoms with van der Waals surface area (Å²) in [7, 11) is 0. The van der Waals surface area contributed by atoms with Crippen LogP contribution in [0.3, 0.4) is 0 Å². The van der Waals surface area contributed by atoms with Gasteiger partial charge in [-0.25, -0.2) is 0 Å². The van der Waals surface area contributed by atoms with E-state index in [9.17, 15) is 0 Å². The number of hydrogen-bond acceptors (Lipinski definition) is 3. The molecule has 1 aliphatic carbocycles. The number of thiophene rings is 1. The Hall–Kier alpha value is -0.0900. The highest BCUT2D eigenvalue weighted by atomic mass is 35.5. The largest absolute Gasteiger partial charge is 0.308 e. The zero-order chi connectivity index (χ0) is 14.9. The van der Waals surface area contributed by atoms with Crippen LogP contribution in [0, 0.1) is 5.92 Å². The van der Waals surface area contributed by atoms with Crippen molar-refractivity contribution in [3.63, 3.8) is 0 Å². The van der Waals surface area contributed by atoms with E-state index < -0.39 is 0 Å². The first-order valence-electron chi connectivity index (χ1n) is 8.30. The molecule has 1 spiro atoms. The van der Waals surface area contributed by atoms with Crippen LogP contribution in [0.2, 0.25) is 4.34 Å². The molecule has 4 heteroatoms. The van der Waals surface area contributed by atoms with Gasteiger partial charge in [-0.05, 0) is 37.3 Å². The molecule has 1 saturated heterocycles. The lowest BCUT2D eigenvalue weighted by atomic mass is 9.90. The molecular formula is C17H27ClN2S. The van der Waals surface area contributed by atoms with Crippen molar-refractivity contribution >= 4 is 22.9 Å². The smallest absolute Gasteiger partial charge is 0.0931 e. The van der Waals surface area contributed by atoms with Crippen LogP contribution in [-0.2, 0) is 6.54 Å². The molecule has 3 rings (SSSR count). The maximum atomic E-state index is 6.11. The summed E-state index contributed by atoms with van der Waals surface area (Å²) in [5, 5.41) is 3.91. The lowest BCUT2D eigenvalue weighted by molar-refractivity contribution is 0.0638. The molecule has 21 heavy (non-hydrogen) atoms. The van der Waals surface area contributed by atoms with Gasteiger partial charge in [0.1, 0.15) is 0 Å². The van der Waals surface area contributed by atoms with Crippen LogP contribution in [0.25, 0.3) is 0 Å². The monoisotopic (exact) mass is 326 g/mol. The Morgan fingerprint density at radius 3 is 2.76 bits per heavy atom. The van der Waals surface area contributed by atoms with Crippen molar-refractivity contribution in [1.82, 2.24) is 10.2 Å². The molecular weight excluding hydrogens is 300 g/mol. The summed E-state index contributed by atoms with van der Waals surface area (Å²) in [5.41, 5.74) is 0.397. The van der Waals surface area contributed by atoms with Crippen molar-refractivity contribution in [2.45, 2.75) is 64.1 Å². The molecule has 2 nitrogen and oxygen atoms in total. The first kappa shape index (κ1) is 15.8. The van der Waals surface area contributed by atoms with Gasteiger partial charge in [0, 0.05) is 36.1 Å². The molecule has 0 amide bonds. The van der Waals surface area contributed by atoms with Crippen molar-refractivity contribution in [3.8, 4) is 0 Å². The number of piperazine rings is 1. The standard InChI is InChI=1S/C17H27ClN2S/c1-13(2)9-14-10-19-17(7-3-4-8-17)12-20(14)11-15-5-6-16(18)21-15/h5-6,13-14,19H,3-4,7-12H2,1-2H3. The minimum atomic E-state index is 0.397. The molecule has 1 aromatic rings. The van der Waals surface area contributed by atoms with Crippen molar-refractivity contribution in [2.24, 2.45) is 5.92 Å². The van der Waals surface area contributed by atoms with E-state index in [1.807, 2.05) is 6.07 Å². The molecule has 2 aliphatic rings. The Morgan fingerprint density at radius 2 is 2.14 bits per heavy atom. The molecule has 1 atom stereocenters. The Labute approximate surface area is 137 Å². The maximum absolute atomic E-state index is 6.11. The van der Waals surface area contributed by atoms with Gasteiger partial charge in [0.25, 0.3) is 0 Å². The third-order valence-corrected chi connectivity index (χ3v) is 6.24. The van der Waals surface area contributed by atoms with Crippen molar-refractivity contribution < 1.29 is 0 Å². The summed E-state index contributed by atoms with van der Waals surface area (Å²) in [6, 6.07) is 4.90. The summed E-state index contributed by atoms with van der Waals surface area (Å²) in [5.74, 6) is 0.754. The Bertz CT molecular complexity index is 465. The van der Waals surface area contributed by atoms with Crippen molar-refractivity contribution in [3.05, 3.63) is 21.3 Å². The summed E-state index contributed by atoms with van der Waals surface area (Å²) >= 11 is 7.84. The molecule has 1 saturated carbocycles. The SMILES string of the molecule is CC(C)CC1CNC2(CCCC2)CN1Cc1ccc(Cl)s1. The second kappa shape index (κ2) is 6.57. The van der Waals surface area contributed by atoms with E-state index in [0.29, 0.717) is 11.6 Å². The van der Waals surface area contributed by atoms with E-state index in [1.54, 1.807) is 11.3 Å². The van der Waals surface area contributed by atoms with Gasteiger partial charge in [0.05, 0.1) is 4.34 Å². The third-order valence-electron chi connectivity index (χ3n) is 5.03. The van der Waals surface area contributed by atoms with Crippen LogP contribution >= 0.6 is 22.9 Å². The molecule has 118 valence electrons. The number of halogens is 1. The lowest BCUT2D eigenvalue weighted by Gasteiger charge is -2.47. The first-order chi connectivity index (χ1) is 10.1. The minimum absolute atomic E-state index is 0.397. The quantitative estimate of drug-likeness (QED) is 0.874. The van der Waals surface area contributed by atoms with Crippen LogP contribution in [-0.4, -0.2) is 29.6 Å². The highest BCUT2D eigenvalue weighted by Gasteiger charge is 2.41. The average molecular weight is 327 g/mol. The molecule has 1 N–H and O–H groups in total. The Morgan fingerprint density at radius 1 is 1.38 bits per heavy atom. The van der Waals surface area contributed by atoms with Gasteiger partial charge in [-0.3, -0.25) is 4.90 Å². The summed E-state index contributed by atoms with van der Waals surface area (Å²) in [6.07, 6.45) is 6.76. The van der Waals surface area contributed by atoms with Crippen LogP contribution in [0.5, 0.6) is 0 Å². The van der Waals surface area contributed by atoms with Crippen LogP contribution < -0.4 is 5.32 Å². The second-order valence-corrected chi connectivity index (χ2v) is 9.06. The number of rotatable bonds is 4. The fraction of sp³-hybridized carbons (Fsp3) is 0.765. The molecule has 1 aromatic heterocycles.